The van der Waals surface area contributed by atoms with E-state index in [4.69, 9.17) is 4.74 Å². The van der Waals surface area contributed by atoms with Gasteiger partial charge >= 0.3 is 0 Å². The van der Waals surface area contributed by atoms with Gasteiger partial charge in [-0.05, 0) is 79.0 Å². The molecule has 0 aromatic heterocycles. The van der Waals surface area contributed by atoms with Gasteiger partial charge in [0.15, 0.2) is 0 Å². The first kappa shape index (κ1) is 16.1. The van der Waals surface area contributed by atoms with Crippen molar-refractivity contribution < 1.29 is 14.3 Å². The number of nitrogens with zero attached hydrogens (tertiary/aromatic N) is 1. The molecule has 5 aliphatic rings. The van der Waals surface area contributed by atoms with Crippen molar-refractivity contribution in [2.75, 3.05) is 4.90 Å². The Morgan fingerprint density at radius 1 is 0.857 bits per heavy atom. The van der Waals surface area contributed by atoms with Crippen molar-refractivity contribution in [3.8, 4) is 11.5 Å². The minimum atomic E-state index is -0.158. The molecule has 1 saturated heterocycles. The molecule has 2 bridgehead atoms. The molecule has 4 nitrogen and oxygen atoms in total. The van der Waals surface area contributed by atoms with E-state index in [1.807, 2.05) is 55.5 Å². The molecule has 4 aliphatic carbocycles. The van der Waals surface area contributed by atoms with Gasteiger partial charge in [-0.2, -0.15) is 0 Å². The molecule has 2 saturated carbocycles. The number of carbonyl (C=O) groups is 2. The molecule has 6 atom stereocenters. The van der Waals surface area contributed by atoms with Gasteiger partial charge in [-0.25, -0.2) is 0 Å². The Hall–Kier alpha value is -2.88. The molecule has 4 heteroatoms. The third kappa shape index (κ3) is 2.17. The average Bonchev–Trinajstić information content (AvgIpc) is 3.47. The highest BCUT2D eigenvalue weighted by molar-refractivity contribution is 6.22. The number of amides is 2. The molecule has 7 rings (SSSR count). The predicted octanol–water partition coefficient (Wildman–Crippen LogP) is 4.34. The first-order valence-electron chi connectivity index (χ1n) is 10.0. The van der Waals surface area contributed by atoms with Crippen LogP contribution in [0.5, 0.6) is 11.5 Å². The van der Waals surface area contributed by atoms with Gasteiger partial charge in [0.05, 0.1) is 17.5 Å². The largest absolute Gasteiger partial charge is 0.457 e. The number of imide groups is 1. The maximum atomic E-state index is 13.2. The van der Waals surface area contributed by atoms with Crippen LogP contribution in [0.1, 0.15) is 12.0 Å². The van der Waals surface area contributed by atoms with Gasteiger partial charge in [0.1, 0.15) is 11.5 Å². The summed E-state index contributed by atoms with van der Waals surface area (Å²) in [5, 5.41) is 0. The standard InChI is InChI=1S/C24H21NO3/c1-13-3-2-4-16(11-13)28-15-7-5-14(6-8-15)25-23(26)21-17-9-10-18(20-12-19(17)20)22(21)24(25)27/h2-11,17-22H,12H2,1H3/t17-,18-,19-,20-,21-,22+/m1/s1. The van der Waals surface area contributed by atoms with E-state index >= 15 is 0 Å². The van der Waals surface area contributed by atoms with Crippen molar-refractivity contribution in [2.24, 2.45) is 35.5 Å². The van der Waals surface area contributed by atoms with Crippen LogP contribution in [0, 0.1) is 42.4 Å². The number of ether oxygens (including phenoxy) is 1. The lowest BCUT2D eigenvalue weighted by Crippen LogP contribution is -2.40. The summed E-state index contributed by atoms with van der Waals surface area (Å²) in [6.45, 7) is 2.02. The normalized spacial score (nSPS) is 34.4. The van der Waals surface area contributed by atoms with Crippen LogP contribution in [-0.2, 0) is 9.59 Å². The third-order valence-electron chi connectivity index (χ3n) is 6.98. The van der Waals surface area contributed by atoms with E-state index in [1.165, 1.54) is 11.3 Å². The van der Waals surface area contributed by atoms with E-state index in [1.54, 1.807) is 0 Å². The maximum Gasteiger partial charge on any atom is 0.238 e. The summed E-state index contributed by atoms with van der Waals surface area (Å²) in [6.07, 6.45) is 5.59. The minimum Gasteiger partial charge on any atom is -0.457 e. The highest BCUT2D eigenvalue weighted by Gasteiger charge is 2.67. The summed E-state index contributed by atoms with van der Waals surface area (Å²) in [6, 6.07) is 15.1. The fourth-order valence-corrected chi connectivity index (χ4v) is 5.69. The van der Waals surface area contributed by atoms with Gasteiger partial charge in [0, 0.05) is 0 Å². The monoisotopic (exact) mass is 371 g/mol. The summed E-state index contributed by atoms with van der Waals surface area (Å²) in [7, 11) is 0. The van der Waals surface area contributed by atoms with Crippen molar-refractivity contribution >= 4 is 17.5 Å². The maximum absolute atomic E-state index is 13.2. The second kappa shape index (κ2) is 5.57. The number of allylic oxidation sites excluding steroid dienone is 2. The molecule has 3 fully saturated rings. The molecule has 140 valence electrons. The Bertz CT molecular complexity index is 988. The van der Waals surface area contributed by atoms with Gasteiger partial charge in [0.2, 0.25) is 11.8 Å². The first-order chi connectivity index (χ1) is 13.6. The molecular formula is C24H21NO3. The van der Waals surface area contributed by atoms with E-state index in [-0.39, 0.29) is 35.5 Å². The Balaban J connectivity index is 1.27. The van der Waals surface area contributed by atoms with Crippen LogP contribution in [0.3, 0.4) is 0 Å². The highest BCUT2D eigenvalue weighted by atomic mass is 16.5. The fourth-order valence-electron chi connectivity index (χ4n) is 5.69. The Morgan fingerprint density at radius 2 is 1.50 bits per heavy atom. The van der Waals surface area contributed by atoms with Gasteiger partial charge in [-0.1, -0.05) is 24.3 Å². The molecule has 28 heavy (non-hydrogen) atoms. The number of hydrogen-bond donors (Lipinski definition) is 0. The molecule has 0 spiro atoms. The second-order valence-electron chi connectivity index (χ2n) is 8.58. The van der Waals surface area contributed by atoms with E-state index in [9.17, 15) is 9.59 Å². The number of rotatable bonds is 3. The van der Waals surface area contributed by atoms with Crippen molar-refractivity contribution in [3.63, 3.8) is 0 Å². The van der Waals surface area contributed by atoms with Crippen LogP contribution >= 0.6 is 0 Å². The Kier molecular flexibility index (Phi) is 3.20. The molecule has 2 amide bonds. The molecule has 0 N–H and O–H groups in total. The molecule has 1 aliphatic heterocycles. The van der Waals surface area contributed by atoms with E-state index in [0.29, 0.717) is 23.3 Å². The number of anilines is 1. The molecule has 0 unspecified atom stereocenters. The molecular weight excluding hydrogens is 350 g/mol. The van der Waals surface area contributed by atoms with E-state index in [2.05, 4.69) is 12.2 Å². The van der Waals surface area contributed by atoms with Gasteiger partial charge in [0.25, 0.3) is 0 Å². The van der Waals surface area contributed by atoms with Gasteiger partial charge < -0.3 is 4.74 Å². The number of hydrogen-bond acceptors (Lipinski definition) is 3. The number of aryl methyl sites for hydroxylation is 1. The number of benzene rings is 2. The predicted molar refractivity (Wildman–Crippen MR) is 105 cm³/mol. The lowest BCUT2D eigenvalue weighted by atomic mass is 9.63. The zero-order valence-electron chi connectivity index (χ0n) is 15.6. The van der Waals surface area contributed by atoms with Crippen molar-refractivity contribution in [1.82, 2.24) is 0 Å². The average molecular weight is 371 g/mol. The van der Waals surface area contributed by atoms with Crippen LogP contribution in [0.4, 0.5) is 5.69 Å². The highest BCUT2D eigenvalue weighted by Crippen LogP contribution is 2.65. The molecule has 2 aromatic rings. The third-order valence-corrected chi connectivity index (χ3v) is 6.98. The quantitative estimate of drug-likeness (QED) is 0.595. The zero-order valence-corrected chi connectivity index (χ0v) is 15.6. The SMILES string of the molecule is Cc1cccc(Oc2ccc(N3C(=O)[C@@H]4[C@@H]5C=C[C@H]([C@H]6C[C@H]56)[C@@H]4C3=O)cc2)c1. The van der Waals surface area contributed by atoms with Gasteiger partial charge in [-0.15, -0.1) is 0 Å². The lowest BCUT2D eigenvalue weighted by molar-refractivity contribution is -0.124. The molecule has 2 aromatic carbocycles. The van der Waals surface area contributed by atoms with Crippen molar-refractivity contribution in [3.05, 3.63) is 66.2 Å². The lowest BCUT2D eigenvalue weighted by Gasteiger charge is -2.37. The number of carbonyl (C=O) groups excluding carboxylic acids is 2. The summed E-state index contributed by atoms with van der Waals surface area (Å²) < 4.78 is 5.89. The van der Waals surface area contributed by atoms with Crippen LogP contribution < -0.4 is 9.64 Å². The van der Waals surface area contributed by atoms with Crippen LogP contribution in [0.25, 0.3) is 0 Å². The summed E-state index contributed by atoms with van der Waals surface area (Å²) in [5.41, 5.74) is 1.78. The van der Waals surface area contributed by atoms with Crippen molar-refractivity contribution in [1.29, 1.82) is 0 Å². The summed E-state index contributed by atoms with van der Waals surface area (Å²) in [5.74, 6) is 2.86. The summed E-state index contributed by atoms with van der Waals surface area (Å²) in [4.78, 5) is 27.7. The van der Waals surface area contributed by atoms with Crippen LogP contribution in [0.2, 0.25) is 0 Å². The molecule has 1 heterocycles. The minimum absolute atomic E-state index is 0.0212. The van der Waals surface area contributed by atoms with E-state index in [0.717, 1.165) is 11.3 Å². The smallest absolute Gasteiger partial charge is 0.238 e. The fraction of sp³-hybridized carbons (Fsp3) is 0.333. The zero-order chi connectivity index (χ0) is 19.0. The van der Waals surface area contributed by atoms with E-state index < -0.39 is 0 Å². The van der Waals surface area contributed by atoms with Crippen LogP contribution in [-0.4, -0.2) is 11.8 Å². The second-order valence-corrected chi connectivity index (χ2v) is 8.58. The Morgan fingerprint density at radius 3 is 2.11 bits per heavy atom. The first-order valence-corrected chi connectivity index (χ1v) is 10.0. The topological polar surface area (TPSA) is 46.6 Å². The Labute approximate surface area is 163 Å². The van der Waals surface area contributed by atoms with Crippen molar-refractivity contribution in [2.45, 2.75) is 13.3 Å². The molecule has 0 radical (unpaired) electrons. The van der Waals surface area contributed by atoms with Gasteiger partial charge in [-0.3, -0.25) is 14.5 Å². The summed E-state index contributed by atoms with van der Waals surface area (Å²) >= 11 is 0. The van der Waals surface area contributed by atoms with Crippen LogP contribution in [0.15, 0.2) is 60.7 Å².